The van der Waals surface area contributed by atoms with Crippen LogP contribution in [0.25, 0.3) is 0 Å². The molecule has 0 atom stereocenters. The van der Waals surface area contributed by atoms with Crippen LogP contribution < -0.4 is 0 Å². The van der Waals surface area contributed by atoms with E-state index in [1.165, 1.54) is 0 Å². The van der Waals surface area contributed by atoms with Gasteiger partial charge in [0.25, 0.3) is 0 Å². The number of hydrogen-bond donors (Lipinski definition) is 0. The third kappa shape index (κ3) is 7.46. The van der Waals surface area contributed by atoms with Crippen LogP contribution in [-0.4, -0.2) is 67.1 Å². The van der Waals surface area contributed by atoms with E-state index in [1.807, 2.05) is 0 Å². The molecule has 0 fully saturated rings. The van der Waals surface area contributed by atoms with E-state index in [0.29, 0.717) is 0 Å². The Balaban J connectivity index is 0. The molecule has 4 nitrogen and oxygen atoms in total. The SMILES string of the molecule is CCOS(=O)(=O)OCC.[Sr]. The first-order valence-corrected chi connectivity index (χ1v) is 3.99. The molecule has 0 amide bonds. The van der Waals surface area contributed by atoms with Crippen molar-refractivity contribution in [2.45, 2.75) is 13.8 Å². The van der Waals surface area contributed by atoms with E-state index in [4.69, 9.17) is 0 Å². The van der Waals surface area contributed by atoms with Crippen LogP contribution in [0.15, 0.2) is 0 Å². The second kappa shape index (κ2) is 7.02. The molecule has 0 aromatic carbocycles. The van der Waals surface area contributed by atoms with Gasteiger partial charge in [-0.2, -0.15) is 8.42 Å². The Morgan fingerprint density at radius 3 is 1.60 bits per heavy atom. The maximum absolute atomic E-state index is 10.4. The predicted octanol–water partition coefficient (Wildman–Crippen LogP) is -0.0766. The zero-order valence-electron chi connectivity index (χ0n) is 6.16. The molecule has 0 saturated heterocycles. The summed E-state index contributed by atoms with van der Waals surface area (Å²) in [6.07, 6.45) is 0. The standard InChI is InChI=1S/C4H10O4S.Sr/c1-3-7-9(5,6)8-4-2;/h3-4H2,1-2H3;. The summed E-state index contributed by atoms with van der Waals surface area (Å²) in [4.78, 5) is 0. The summed E-state index contributed by atoms with van der Waals surface area (Å²) in [5.41, 5.74) is 0. The van der Waals surface area contributed by atoms with Crippen molar-refractivity contribution in [3.8, 4) is 0 Å². The quantitative estimate of drug-likeness (QED) is 0.647. The van der Waals surface area contributed by atoms with Gasteiger partial charge in [-0.1, -0.05) is 0 Å². The molecular formula is C4H10O4SSr. The molecule has 58 valence electrons. The molecule has 0 bridgehead atoms. The Labute approximate surface area is 98.5 Å². The van der Waals surface area contributed by atoms with Gasteiger partial charge in [-0.3, -0.25) is 0 Å². The maximum Gasteiger partial charge on any atom is 0.399 e. The Kier molecular flexibility index (Phi) is 9.77. The van der Waals surface area contributed by atoms with E-state index in [9.17, 15) is 8.42 Å². The summed E-state index contributed by atoms with van der Waals surface area (Å²) in [6, 6.07) is 0. The van der Waals surface area contributed by atoms with Gasteiger partial charge in [0.2, 0.25) is 0 Å². The molecule has 6 heteroatoms. The van der Waals surface area contributed by atoms with Crippen molar-refractivity contribution in [1.29, 1.82) is 0 Å². The molecule has 2 radical (unpaired) electrons. The summed E-state index contributed by atoms with van der Waals surface area (Å²) < 4.78 is 29.2. The van der Waals surface area contributed by atoms with Gasteiger partial charge in [-0.05, 0) is 13.8 Å². The summed E-state index contributed by atoms with van der Waals surface area (Å²) >= 11 is 0. The van der Waals surface area contributed by atoms with Gasteiger partial charge >= 0.3 is 10.4 Å². The van der Waals surface area contributed by atoms with Gasteiger partial charge in [0.1, 0.15) is 0 Å². The topological polar surface area (TPSA) is 52.6 Å². The first-order chi connectivity index (χ1) is 4.12. The fourth-order valence-corrected chi connectivity index (χ4v) is 0.968. The summed E-state index contributed by atoms with van der Waals surface area (Å²) in [5.74, 6) is 0. The van der Waals surface area contributed by atoms with Gasteiger partial charge < -0.3 is 0 Å². The molecule has 0 saturated carbocycles. The van der Waals surface area contributed by atoms with Crippen LogP contribution in [0.1, 0.15) is 13.8 Å². The van der Waals surface area contributed by atoms with Gasteiger partial charge in [0, 0.05) is 45.5 Å². The Morgan fingerprint density at radius 1 is 1.10 bits per heavy atom. The molecule has 0 aromatic rings. The summed E-state index contributed by atoms with van der Waals surface area (Å²) in [6.45, 7) is 3.39. The molecule has 0 aromatic heterocycles. The molecule has 0 aliphatic rings. The normalized spacial score (nSPS) is 10.6. The number of hydrogen-bond acceptors (Lipinski definition) is 4. The van der Waals surface area contributed by atoms with Crippen molar-refractivity contribution in [3.05, 3.63) is 0 Å². The minimum absolute atomic E-state index is 0. The van der Waals surface area contributed by atoms with Crippen molar-refractivity contribution >= 4 is 55.9 Å². The van der Waals surface area contributed by atoms with E-state index in [2.05, 4.69) is 8.37 Å². The van der Waals surface area contributed by atoms with E-state index in [0.717, 1.165) is 0 Å². The fourth-order valence-electron chi connectivity index (χ4n) is 0.323. The first-order valence-electron chi connectivity index (χ1n) is 2.66. The van der Waals surface area contributed by atoms with Gasteiger partial charge in [-0.25, -0.2) is 8.37 Å². The third-order valence-corrected chi connectivity index (χ3v) is 1.57. The summed E-state index contributed by atoms with van der Waals surface area (Å²) in [7, 11) is -3.68. The van der Waals surface area contributed by atoms with Crippen LogP contribution in [0.2, 0.25) is 0 Å². The molecule has 0 N–H and O–H groups in total. The molecule has 0 unspecified atom stereocenters. The second-order valence-electron chi connectivity index (χ2n) is 1.22. The smallest absolute Gasteiger partial charge is 0.248 e. The van der Waals surface area contributed by atoms with Gasteiger partial charge in [-0.15, -0.1) is 0 Å². The van der Waals surface area contributed by atoms with Crippen LogP contribution in [-0.2, 0) is 18.8 Å². The minimum atomic E-state index is -3.68. The molecule has 0 spiro atoms. The largest absolute Gasteiger partial charge is 0.399 e. The minimum Gasteiger partial charge on any atom is -0.248 e. The summed E-state index contributed by atoms with van der Waals surface area (Å²) in [5, 5.41) is 0. The Morgan fingerprint density at radius 2 is 1.40 bits per heavy atom. The second-order valence-corrected chi connectivity index (χ2v) is 2.51. The predicted molar refractivity (Wildman–Crippen MR) is 37.9 cm³/mol. The average molecular weight is 242 g/mol. The Hall–Kier alpha value is 1.35. The van der Waals surface area contributed by atoms with E-state index in [-0.39, 0.29) is 58.7 Å². The van der Waals surface area contributed by atoms with E-state index >= 15 is 0 Å². The van der Waals surface area contributed by atoms with Crippen LogP contribution >= 0.6 is 0 Å². The zero-order valence-corrected chi connectivity index (χ0v) is 10.5. The van der Waals surface area contributed by atoms with Crippen molar-refractivity contribution in [2.75, 3.05) is 13.2 Å². The molecular weight excluding hydrogens is 232 g/mol. The van der Waals surface area contributed by atoms with Gasteiger partial charge in [0.15, 0.2) is 0 Å². The van der Waals surface area contributed by atoms with Crippen molar-refractivity contribution < 1.29 is 16.8 Å². The zero-order chi connectivity index (χ0) is 7.33. The molecule has 0 aliphatic carbocycles. The Bertz CT molecular complexity index is 141. The van der Waals surface area contributed by atoms with Gasteiger partial charge in [0.05, 0.1) is 13.2 Å². The van der Waals surface area contributed by atoms with Crippen LogP contribution in [0.5, 0.6) is 0 Å². The molecule has 0 rings (SSSR count). The van der Waals surface area contributed by atoms with Crippen molar-refractivity contribution in [3.63, 3.8) is 0 Å². The van der Waals surface area contributed by atoms with Crippen LogP contribution in [0, 0.1) is 0 Å². The van der Waals surface area contributed by atoms with Crippen molar-refractivity contribution in [1.82, 2.24) is 0 Å². The fraction of sp³-hybridized carbons (Fsp3) is 1.00. The number of rotatable bonds is 4. The van der Waals surface area contributed by atoms with E-state index in [1.54, 1.807) is 13.8 Å². The molecule has 10 heavy (non-hydrogen) atoms. The maximum atomic E-state index is 10.4. The monoisotopic (exact) mass is 242 g/mol. The third-order valence-electron chi connectivity index (χ3n) is 0.524. The van der Waals surface area contributed by atoms with Crippen molar-refractivity contribution in [2.24, 2.45) is 0 Å². The first kappa shape index (κ1) is 13.9. The van der Waals surface area contributed by atoms with Crippen LogP contribution in [0.3, 0.4) is 0 Å². The molecule has 0 aliphatic heterocycles. The average Bonchev–Trinajstić information content (AvgIpc) is 1.64. The van der Waals surface area contributed by atoms with E-state index < -0.39 is 10.4 Å². The van der Waals surface area contributed by atoms with Crippen LogP contribution in [0.4, 0.5) is 0 Å². The molecule has 0 heterocycles.